The van der Waals surface area contributed by atoms with Gasteiger partial charge in [-0.05, 0) is 38.9 Å². The molecule has 0 amide bonds. The van der Waals surface area contributed by atoms with Crippen molar-refractivity contribution in [2.75, 3.05) is 7.05 Å². The number of nitrogens with zero attached hydrogens (tertiary/aromatic N) is 1. The summed E-state index contributed by atoms with van der Waals surface area (Å²) in [5, 5.41) is 3.15. The Morgan fingerprint density at radius 3 is 2.79 bits per heavy atom. The Balaban J connectivity index is 2.81. The van der Waals surface area contributed by atoms with E-state index in [2.05, 4.69) is 12.2 Å². The third kappa shape index (κ3) is 2.70. The first-order valence-corrected chi connectivity index (χ1v) is 5.04. The van der Waals surface area contributed by atoms with E-state index < -0.39 is 0 Å². The van der Waals surface area contributed by atoms with Gasteiger partial charge < -0.3 is 9.88 Å². The molecule has 1 unspecified atom stereocenters. The molecule has 1 aromatic heterocycles. The molecular formula is C11H18N2O. The first-order valence-electron chi connectivity index (χ1n) is 5.04. The smallest absolute Gasteiger partial charge is 0.250 e. The molecule has 3 nitrogen and oxygen atoms in total. The van der Waals surface area contributed by atoms with Crippen molar-refractivity contribution in [1.82, 2.24) is 9.88 Å². The van der Waals surface area contributed by atoms with Crippen molar-refractivity contribution in [3.8, 4) is 0 Å². The van der Waals surface area contributed by atoms with E-state index in [-0.39, 0.29) is 5.56 Å². The summed E-state index contributed by atoms with van der Waals surface area (Å²) in [6.07, 6.45) is 2.76. The molecule has 0 bridgehead atoms. The monoisotopic (exact) mass is 194 g/mol. The van der Waals surface area contributed by atoms with Crippen molar-refractivity contribution >= 4 is 0 Å². The van der Waals surface area contributed by atoms with Crippen LogP contribution < -0.4 is 10.9 Å². The summed E-state index contributed by atoms with van der Waals surface area (Å²) in [6.45, 7) is 4.81. The van der Waals surface area contributed by atoms with Gasteiger partial charge in [-0.25, -0.2) is 0 Å². The first-order chi connectivity index (χ1) is 6.67. The molecule has 0 saturated heterocycles. The van der Waals surface area contributed by atoms with Crippen LogP contribution in [0.1, 0.15) is 19.4 Å². The average Bonchev–Trinajstić information content (AvgIpc) is 2.18. The molecule has 0 aliphatic carbocycles. The van der Waals surface area contributed by atoms with E-state index in [0.717, 1.165) is 18.5 Å². The molecular weight excluding hydrogens is 176 g/mol. The van der Waals surface area contributed by atoms with Crippen LogP contribution in [-0.2, 0) is 13.0 Å². The standard InChI is InChI=1S/C11H18N2O/c1-4-13-6-5-10(8-11(13)14)7-9(2)12-3/h5-6,8-9,12H,4,7H2,1-3H3. The van der Waals surface area contributed by atoms with E-state index in [1.807, 2.05) is 26.2 Å². The minimum absolute atomic E-state index is 0.0910. The van der Waals surface area contributed by atoms with Crippen molar-refractivity contribution in [2.45, 2.75) is 32.9 Å². The molecule has 0 aromatic carbocycles. The Morgan fingerprint density at radius 2 is 2.29 bits per heavy atom. The third-order valence-corrected chi connectivity index (χ3v) is 2.44. The van der Waals surface area contributed by atoms with Gasteiger partial charge in [0.15, 0.2) is 0 Å². The maximum atomic E-state index is 11.5. The number of nitrogens with one attached hydrogen (secondary N) is 1. The van der Waals surface area contributed by atoms with Crippen LogP contribution in [0, 0.1) is 0 Å². The summed E-state index contributed by atoms with van der Waals surface area (Å²) < 4.78 is 1.70. The zero-order chi connectivity index (χ0) is 10.6. The fraction of sp³-hybridized carbons (Fsp3) is 0.545. The number of pyridine rings is 1. The van der Waals surface area contributed by atoms with Crippen LogP contribution in [0.2, 0.25) is 0 Å². The minimum Gasteiger partial charge on any atom is -0.317 e. The molecule has 1 N–H and O–H groups in total. The molecule has 0 spiro atoms. The van der Waals surface area contributed by atoms with Crippen LogP contribution >= 0.6 is 0 Å². The lowest BCUT2D eigenvalue weighted by molar-refractivity contribution is 0.605. The van der Waals surface area contributed by atoms with Gasteiger partial charge in [-0.2, -0.15) is 0 Å². The topological polar surface area (TPSA) is 34.0 Å². The van der Waals surface area contributed by atoms with Crippen LogP contribution in [0.4, 0.5) is 0 Å². The fourth-order valence-electron chi connectivity index (χ4n) is 1.39. The molecule has 1 rings (SSSR count). The molecule has 0 aliphatic rings. The van der Waals surface area contributed by atoms with Crippen LogP contribution in [0.5, 0.6) is 0 Å². The lowest BCUT2D eigenvalue weighted by atomic mass is 10.1. The van der Waals surface area contributed by atoms with Gasteiger partial charge >= 0.3 is 0 Å². The summed E-state index contributed by atoms with van der Waals surface area (Å²) >= 11 is 0. The highest BCUT2D eigenvalue weighted by Gasteiger charge is 2.01. The summed E-state index contributed by atoms with van der Waals surface area (Å²) in [6, 6.07) is 4.14. The normalized spacial score (nSPS) is 12.8. The third-order valence-electron chi connectivity index (χ3n) is 2.44. The predicted molar refractivity (Wildman–Crippen MR) is 58.6 cm³/mol. The molecule has 1 heterocycles. The van der Waals surface area contributed by atoms with Gasteiger partial charge in [0.25, 0.3) is 5.56 Å². The van der Waals surface area contributed by atoms with Crippen molar-refractivity contribution in [2.24, 2.45) is 0 Å². The summed E-state index contributed by atoms with van der Waals surface area (Å²) in [4.78, 5) is 11.5. The second-order valence-corrected chi connectivity index (χ2v) is 3.55. The van der Waals surface area contributed by atoms with Gasteiger partial charge in [0.05, 0.1) is 0 Å². The van der Waals surface area contributed by atoms with Gasteiger partial charge in [-0.3, -0.25) is 4.79 Å². The van der Waals surface area contributed by atoms with E-state index in [4.69, 9.17) is 0 Å². The van der Waals surface area contributed by atoms with Gasteiger partial charge in [-0.1, -0.05) is 0 Å². The van der Waals surface area contributed by atoms with Gasteiger partial charge in [0, 0.05) is 24.8 Å². The summed E-state index contributed by atoms with van der Waals surface area (Å²) in [5.41, 5.74) is 1.19. The SMILES string of the molecule is CCn1ccc(CC(C)NC)cc1=O. The van der Waals surface area contributed by atoms with E-state index in [1.54, 1.807) is 10.6 Å². The molecule has 3 heteroatoms. The minimum atomic E-state index is 0.0910. The summed E-state index contributed by atoms with van der Waals surface area (Å²) in [5.74, 6) is 0. The quantitative estimate of drug-likeness (QED) is 0.776. The van der Waals surface area contributed by atoms with E-state index in [1.165, 1.54) is 0 Å². The zero-order valence-corrected chi connectivity index (χ0v) is 9.08. The highest BCUT2D eigenvalue weighted by atomic mass is 16.1. The maximum absolute atomic E-state index is 11.5. The molecule has 0 aliphatic heterocycles. The number of likely N-dealkylation sites (N-methyl/N-ethyl adjacent to an activating group) is 1. The zero-order valence-electron chi connectivity index (χ0n) is 9.08. The van der Waals surface area contributed by atoms with Gasteiger partial charge in [0.1, 0.15) is 0 Å². The summed E-state index contributed by atoms with van der Waals surface area (Å²) in [7, 11) is 1.93. The maximum Gasteiger partial charge on any atom is 0.250 e. The molecule has 14 heavy (non-hydrogen) atoms. The Hall–Kier alpha value is -1.09. The predicted octanol–water partition coefficient (Wildman–Crippen LogP) is 1.02. The van der Waals surface area contributed by atoms with E-state index >= 15 is 0 Å². The van der Waals surface area contributed by atoms with Crippen LogP contribution in [-0.4, -0.2) is 17.7 Å². The number of rotatable bonds is 4. The Morgan fingerprint density at radius 1 is 1.57 bits per heavy atom. The van der Waals surface area contributed by atoms with Crippen molar-refractivity contribution in [1.29, 1.82) is 0 Å². The van der Waals surface area contributed by atoms with Crippen molar-refractivity contribution < 1.29 is 0 Å². The van der Waals surface area contributed by atoms with Crippen LogP contribution in [0.25, 0.3) is 0 Å². The number of aromatic nitrogens is 1. The first kappa shape index (κ1) is 11.0. The lowest BCUT2D eigenvalue weighted by Gasteiger charge is -2.10. The number of hydrogen-bond donors (Lipinski definition) is 1. The molecule has 0 saturated carbocycles. The van der Waals surface area contributed by atoms with E-state index in [9.17, 15) is 4.79 Å². The highest BCUT2D eigenvalue weighted by Crippen LogP contribution is 1.99. The number of hydrogen-bond acceptors (Lipinski definition) is 2. The molecule has 0 fully saturated rings. The number of aryl methyl sites for hydroxylation is 1. The molecule has 1 aromatic rings. The second kappa shape index (κ2) is 4.96. The van der Waals surface area contributed by atoms with Gasteiger partial charge in [-0.15, -0.1) is 0 Å². The van der Waals surface area contributed by atoms with Crippen molar-refractivity contribution in [3.63, 3.8) is 0 Å². The molecule has 0 radical (unpaired) electrons. The van der Waals surface area contributed by atoms with Crippen LogP contribution in [0.3, 0.4) is 0 Å². The highest BCUT2D eigenvalue weighted by molar-refractivity contribution is 5.12. The van der Waals surface area contributed by atoms with Crippen LogP contribution in [0.15, 0.2) is 23.1 Å². The van der Waals surface area contributed by atoms with Gasteiger partial charge in [0.2, 0.25) is 0 Å². The largest absolute Gasteiger partial charge is 0.317 e. The second-order valence-electron chi connectivity index (χ2n) is 3.55. The Labute approximate surface area is 84.8 Å². The molecule has 1 atom stereocenters. The molecule has 78 valence electrons. The van der Waals surface area contributed by atoms with Crippen molar-refractivity contribution in [3.05, 3.63) is 34.2 Å². The fourth-order valence-corrected chi connectivity index (χ4v) is 1.39. The lowest BCUT2D eigenvalue weighted by Crippen LogP contribution is -2.25. The Kier molecular flexibility index (Phi) is 3.89. The average molecular weight is 194 g/mol. The van der Waals surface area contributed by atoms with E-state index in [0.29, 0.717) is 6.04 Å². The Bertz CT molecular complexity index is 343.